The van der Waals surface area contributed by atoms with Crippen LogP contribution in [0.25, 0.3) is 10.8 Å². The van der Waals surface area contributed by atoms with Crippen molar-refractivity contribution >= 4 is 22.9 Å². The van der Waals surface area contributed by atoms with Crippen LogP contribution in [0.3, 0.4) is 0 Å². The van der Waals surface area contributed by atoms with E-state index in [2.05, 4.69) is 15.1 Å². The van der Waals surface area contributed by atoms with E-state index in [9.17, 15) is 0 Å². The molecule has 0 bridgehead atoms. The van der Waals surface area contributed by atoms with E-state index in [0.717, 1.165) is 10.6 Å². The molecule has 14 heavy (non-hydrogen) atoms. The predicted molar refractivity (Wildman–Crippen MR) is 54.4 cm³/mol. The molecule has 2 rings (SSSR count). The maximum atomic E-state index is 5.82. The Morgan fingerprint density at radius 2 is 2.36 bits per heavy atom. The monoisotopic (exact) mass is 229 g/mol. The third-order valence-corrected chi connectivity index (χ3v) is 2.85. The number of aromatic nitrogens is 3. The summed E-state index contributed by atoms with van der Waals surface area (Å²) in [5.74, 6) is 1.00. The Bertz CT molecular complexity index is 437. The van der Waals surface area contributed by atoms with Gasteiger partial charge in [0.2, 0.25) is 0 Å². The normalized spacial score (nSPS) is 13.1. The van der Waals surface area contributed by atoms with Gasteiger partial charge in [-0.25, -0.2) is 4.98 Å². The second-order valence-electron chi connectivity index (χ2n) is 2.84. The lowest BCUT2D eigenvalue weighted by Crippen LogP contribution is -1.86. The van der Waals surface area contributed by atoms with Crippen molar-refractivity contribution in [2.45, 2.75) is 19.2 Å². The van der Waals surface area contributed by atoms with Crippen LogP contribution in [0.4, 0.5) is 0 Å². The highest BCUT2D eigenvalue weighted by Gasteiger charge is 2.15. The van der Waals surface area contributed by atoms with Crippen molar-refractivity contribution in [3.05, 3.63) is 17.0 Å². The molecule has 1 atom stereocenters. The lowest BCUT2D eigenvalue weighted by Gasteiger charge is -1.90. The molecule has 0 aromatic carbocycles. The number of nitrogens with zero attached hydrogens (tertiary/aromatic N) is 3. The molecule has 74 valence electrons. The summed E-state index contributed by atoms with van der Waals surface area (Å²) in [5, 5.41) is 3.54. The highest BCUT2D eigenvalue weighted by Crippen LogP contribution is 2.27. The largest absolute Gasteiger partial charge is 0.333 e. The van der Waals surface area contributed by atoms with E-state index in [4.69, 9.17) is 16.1 Å². The molecule has 2 heterocycles. The average molecular weight is 230 g/mol. The molecule has 0 aliphatic carbocycles. The molecule has 1 unspecified atom stereocenters. The Morgan fingerprint density at radius 3 is 2.86 bits per heavy atom. The molecule has 0 spiro atoms. The topological polar surface area (TPSA) is 51.8 Å². The Kier molecular flexibility index (Phi) is 2.52. The van der Waals surface area contributed by atoms with E-state index in [1.165, 1.54) is 11.3 Å². The highest BCUT2D eigenvalue weighted by molar-refractivity contribution is 7.13. The first-order valence-corrected chi connectivity index (χ1v) is 5.38. The molecule has 4 nitrogen and oxygen atoms in total. The van der Waals surface area contributed by atoms with Gasteiger partial charge < -0.3 is 4.52 Å². The Hall–Kier alpha value is -0.940. The van der Waals surface area contributed by atoms with Gasteiger partial charge in [-0.05, 0) is 13.8 Å². The van der Waals surface area contributed by atoms with E-state index in [-0.39, 0.29) is 5.38 Å². The smallest absolute Gasteiger partial charge is 0.269 e. The summed E-state index contributed by atoms with van der Waals surface area (Å²) >= 11 is 7.30. The molecular formula is C8H8ClN3OS. The number of alkyl halides is 1. The zero-order valence-electron chi connectivity index (χ0n) is 7.69. The van der Waals surface area contributed by atoms with Gasteiger partial charge >= 0.3 is 0 Å². The lowest BCUT2D eigenvalue weighted by atomic mass is 10.4. The fourth-order valence-electron chi connectivity index (χ4n) is 0.996. The predicted octanol–water partition coefficient (Wildman–Crippen LogP) is 2.80. The van der Waals surface area contributed by atoms with Crippen LogP contribution in [0, 0.1) is 6.92 Å². The molecule has 2 aromatic heterocycles. The van der Waals surface area contributed by atoms with E-state index >= 15 is 0 Å². The van der Waals surface area contributed by atoms with Crippen molar-refractivity contribution < 1.29 is 4.52 Å². The molecule has 0 aliphatic rings. The standard InChI is InChI=1S/C8H8ClN3OS/c1-4(9)7-11-8(13-12-7)6-5(2)10-3-14-6/h3-4H,1-2H3. The minimum atomic E-state index is -0.235. The number of aryl methyl sites for hydroxylation is 1. The van der Waals surface area contributed by atoms with Crippen molar-refractivity contribution in [3.63, 3.8) is 0 Å². The van der Waals surface area contributed by atoms with E-state index in [1.807, 2.05) is 6.92 Å². The second kappa shape index (κ2) is 3.67. The number of hydrogen-bond acceptors (Lipinski definition) is 5. The van der Waals surface area contributed by atoms with Crippen molar-refractivity contribution in [1.82, 2.24) is 15.1 Å². The van der Waals surface area contributed by atoms with Crippen molar-refractivity contribution in [1.29, 1.82) is 0 Å². The first kappa shape index (κ1) is 9.61. The van der Waals surface area contributed by atoms with Crippen LogP contribution in [0.1, 0.15) is 23.8 Å². The van der Waals surface area contributed by atoms with Crippen molar-refractivity contribution in [3.8, 4) is 10.8 Å². The van der Waals surface area contributed by atoms with Gasteiger partial charge in [0.15, 0.2) is 5.82 Å². The summed E-state index contributed by atoms with van der Waals surface area (Å²) < 4.78 is 5.08. The van der Waals surface area contributed by atoms with E-state index in [1.54, 1.807) is 12.4 Å². The first-order chi connectivity index (χ1) is 6.68. The third kappa shape index (κ3) is 1.65. The molecule has 0 amide bonds. The highest BCUT2D eigenvalue weighted by atomic mass is 35.5. The average Bonchev–Trinajstić information content (AvgIpc) is 2.71. The van der Waals surface area contributed by atoms with Gasteiger partial charge in [0.1, 0.15) is 4.88 Å². The lowest BCUT2D eigenvalue weighted by molar-refractivity contribution is 0.423. The third-order valence-electron chi connectivity index (χ3n) is 1.74. The van der Waals surface area contributed by atoms with Gasteiger partial charge in [0.05, 0.1) is 16.6 Å². The summed E-state index contributed by atoms with van der Waals surface area (Å²) in [6.07, 6.45) is 0. The van der Waals surface area contributed by atoms with Crippen molar-refractivity contribution in [2.24, 2.45) is 0 Å². The number of hydrogen-bond donors (Lipinski definition) is 0. The molecule has 6 heteroatoms. The second-order valence-corrected chi connectivity index (χ2v) is 4.35. The number of rotatable bonds is 2. The maximum Gasteiger partial charge on any atom is 0.269 e. The van der Waals surface area contributed by atoms with Crippen LogP contribution in [-0.2, 0) is 0 Å². The molecule has 0 saturated carbocycles. The Morgan fingerprint density at radius 1 is 1.57 bits per heavy atom. The Labute approximate surface area is 89.9 Å². The first-order valence-electron chi connectivity index (χ1n) is 4.06. The molecule has 0 aliphatic heterocycles. The zero-order chi connectivity index (χ0) is 10.1. The van der Waals surface area contributed by atoms with Gasteiger partial charge in [0, 0.05) is 0 Å². The van der Waals surface area contributed by atoms with Gasteiger partial charge in [-0.15, -0.1) is 22.9 Å². The molecule has 0 saturated heterocycles. The van der Waals surface area contributed by atoms with E-state index in [0.29, 0.717) is 11.7 Å². The molecule has 0 N–H and O–H groups in total. The molecule has 2 aromatic rings. The molecule has 0 fully saturated rings. The quantitative estimate of drug-likeness (QED) is 0.743. The SMILES string of the molecule is Cc1ncsc1-c1nc(C(C)Cl)no1. The van der Waals surface area contributed by atoms with Gasteiger partial charge in [0.25, 0.3) is 5.89 Å². The number of halogens is 1. The van der Waals surface area contributed by atoms with Crippen LogP contribution >= 0.6 is 22.9 Å². The molecule has 0 radical (unpaired) electrons. The van der Waals surface area contributed by atoms with Crippen molar-refractivity contribution in [2.75, 3.05) is 0 Å². The molecular weight excluding hydrogens is 222 g/mol. The fourth-order valence-corrected chi connectivity index (χ4v) is 1.81. The summed E-state index contributed by atoms with van der Waals surface area (Å²) in [7, 11) is 0. The van der Waals surface area contributed by atoms with Gasteiger partial charge in [-0.2, -0.15) is 4.98 Å². The summed E-state index contributed by atoms with van der Waals surface area (Å²) in [5.41, 5.74) is 2.64. The minimum Gasteiger partial charge on any atom is -0.333 e. The van der Waals surface area contributed by atoms with Crippen LogP contribution in [0.15, 0.2) is 10.0 Å². The Balaban J connectivity index is 2.39. The van der Waals surface area contributed by atoms with E-state index < -0.39 is 0 Å². The zero-order valence-corrected chi connectivity index (χ0v) is 9.26. The van der Waals surface area contributed by atoms with Crippen LogP contribution < -0.4 is 0 Å². The summed E-state index contributed by atoms with van der Waals surface area (Å²) in [6.45, 7) is 3.70. The summed E-state index contributed by atoms with van der Waals surface area (Å²) in [6, 6.07) is 0. The van der Waals surface area contributed by atoms with Gasteiger partial charge in [-0.1, -0.05) is 5.16 Å². The van der Waals surface area contributed by atoms with Crippen LogP contribution in [0.2, 0.25) is 0 Å². The summed E-state index contributed by atoms with van der Waals surface area (Å²) in [4.78, 5) is 9.18. The fraction of sp³-hybridized carbons (Fsp3) is 0.375. The van der Waals surface area contributed by atoms with Gasteiger partial charge in [-0.3, -0.25) is 0 Å². The minimum absolute atomic E-state index is 0.235. The van der Waals surface area contributed by atoms with Crippen LogP contribution in [0.5, 0.6) is 0 Å². The maximum absolute atomic E-state index is 5.82. The number of thiazole rings is 1. The van der Waals surface area contributed by atoms with Crippen LogP contribution in [-0.4, -0.2) is 15.1 Å².